The van der Waals surface area contributed by atoms with Gasteiger partial charge in [0.2, 0.25) is 5.79 Å². The predicted molar refractivity (Wildman–Crippen MR) is 149 cm³/mol. The molecule has 0 saturated heterocycles. The fourth-order valence-electron chi connectivity index (χ4n) is 4.85. The molecule has 0 bridgehead atoms. The highest BCUT2D eigenvalue weighted by Gasteiger charge is 2.46. The fourth-order valence-corrected chi connectivity index (χ4v) is 6.38. The topological polar surface area (TPSA) is 103 Å². The SMILES string of the molecule is Cc1nc(C(F)(F)F)cn1-c1ccc(C2=CC(S(C)(=O)=O)=C(CO)C(F)(n3nncc3-c3ccc(Cl)cc3Cl)C2)cc1. The lowest BCUT2D eigenvalue weighted by Gasteiger charge is -2.34. The number of aliphatic hydroxyl groups excluding tert-OH is 1. The zero-order valence-electron chi connectivity index (χ0n) is 21.9. The summed E-state index contributed by atoms with van der Waals surface area (Å²) in [6.45, 7) is 0.475. The molecular weight excluding hydrogens is 621 g/mol. The van der Waals surface area contributed by atoms with Crippen LogP contribution in [0.3, 0.4) is 0 Å². The molecule has 1 N–H and O–H groups in total. The highest BCUT2D eigenvalue weighted by atomic mass is 35.5. The van der Waals surface area contributed by atoms with Crippen molar-refractivity contribution in [1.29, 1.82) is 0 Å². The molecule has 15 heteroatoms. The van der Waals surface area contributed by atoms with Crippen molar-refractivity contribution < 1.29 is 31.1 Å². The van der Waals surface area contributed by atoms with Gasteiger partial charge in [-0.1, -0.05) is 40.5 Å². The molecule has 8 nitrogen and oxygen atoms in total. The quantitative estimate of drug-likeness (QED) is 0.253. The second kappa shape index (κ2) is 10.6. The first kappa shape index (κ1) is 30.0. The van der Waals surface area contributed by atoms with Crippen LogP contribution in [0.2, 0.25) is 10.0 Å². The highest BCUT2D eigenvalue weighted by molar-refractivity contribution is 7.94. The van der Waals surface area contributed by atoms with Crippen molar-refractivity contribution in [2.75, 3.05) is 12.9 Å². The average Bonchev–Trinajstić information content (AvgIpc) is 3.55. The molecule has 2 aromatic carbocycles. The van der Waals surface area contributed by atoms with E-state index in [9.17, 15) is 26.7 Å². The lowest BCUT2D eigenvalue weighted by Crippen LogP contribution is -2.38. The molecular formula is C27H21Cl2F4N5O3S. The van der Waals surface area contributed by atoms with Crippen LogP contribution >= 0.6 is 23.2 Å². The van der Waals surface area contributed by atoms with Crippen LogP contribution in [0.4, 0.5) is 17.6 Å². The van der Waals surface area contributed by atoms with Gasteiger partial charge >= 0.3 is 6.18 Å². The Morgan fingerprint density at radius 2 is 1.81 bits per heavy atom. The molecule has 2 heterocycles. The summed E-state index contributed by atoms with van der Waals surface area (Å²) in [4.78, 5) is 3.12. The van der Waals surface area contributed by atoms with Gasteiger partial charge < -0.3 is 9.67 Å². The van der Waals surface area contributed by atoms with Gasteiger partial charge in [-0.15, -0.1) is 5.10 Å². The number of aryl methyl sites for hydroxylation is 1. The average molecular weight is 642 g/mol. The number of sulfone groups is 1. The third-order valence-electron chi connectivity index (χ3n) is 6.83. The predicted octanol–water partition coefficient (Wildman–Crippen LogP) is 6.17. The fraction of sp³-hybridized carbons (Fsp3) is 0.222. The van der Waals surface area contributed by atoms with Crippen LogP contribution in [0.25, 0.3) is 22.5 Å². The molecule has 220 valence electrons. The van der Waals surface area contributed by atoms with E-state index in [1.54, 1.807) is 0 Å². The van der Waals surface area contributed by atoms with Crippen molar-refractivity contribution in [2.24, 2.45) is 0 Å². The standard InChI is InChI=1S/C27H21Cl2F4N5O3S/c1-15-35-25(27(31,32)33)13-37(15)19-6-3-16(4-7-19)17-9-24(42(2,40)41)21(14-39)26(30,11-17)38-23(12-34-36-38)20-8-5-18(28)10-22(20)29/h3-10,12-13,39H,11,14H2,1-2H3. The molecule has 0 aliphatic heterocycles. The summed E-state index contributed by atoms with van der Waals surface area (Å²) >= 11 is 12.4. The summed E-state index contributed by atoms with van der Waals surface area (Å²) in [6.07, 6.45) is -0.819. The van der Waals surface area contributed by atoms with Gasteiger partial charge in [0.05, 0.1) is 28.4 Å². The summed E-state index contributed by atoms with van der Waals surface area (Å²) in [7, 11) is -4.07. The number of imidazole rings is 1. The second-order valence-corrected chi connectivity index (χ2v) is 12.4. The number of hydrogen-bond acceptors (Lipinski definition) is 6. The number of halogens is 6. The van der Waals surface area contributed by atoms with E-state index < -0.39 is 51.0 Å². The van der Waals surface area contributed by atoms with Crippen molar-refractivity contribution in [1.82, 2.24) is 24.5 Å². The Hall–Kier alpha value is -3.52. The minimum atomic E-state index is -4.62. The Morgan fingerprint density at radius 3 is 2.38 bits per heavy atom. The Kier molecular flexibility index (Phi) is 7.59. The molecule has 1 atom stereocenters. The van der Waals surface area contributed by atoms with E-state index in [0.29, 0.717) is 21.8 Å². The van der Waals surface area contributed by atoms with Gasteiger partial charge in [-0.05, 0) is 54.5 Å². The number of hydrogen-bond donors (Lipinski definition) is 1. The molecule has 0 radical (unpaired) electrons. The normalized spacial score (nSPS) is 18.0. The number of benzene rings is 2. The molecule has 0 saturated carbocycles. The molecule has 1 unspecified atom stereocenters. The zero-order chi connectivity index (χ0) is 30.6. The van der Waals surface area contributed by atoms with Gasteiger partial charge in [0.1, 0.15) is 5.82 Å². The van der Waals surface area contributed by atoms with E-state index in [2.05, 4.69) is 15.3 Å². The summed E-state index contributed by atoms with van der Waals surface area (Å²) < 4.78 is 84.6. The maximum atomic E-state index is 17.3. The first-order valence-electron chi connectivity index (χ1n) is 12.2. The van der Waals surface area contributed by atoms with E-state index in [0.717, 1.165) is 17.1 Å². The van der Waals surface area contributed by atoms with E-state index in [1.165, 1.54) is 66.2 Å². The van der Waals surface area contributed by atoms with Gasteiger partial charge in [-0.2, -0.15) is 13.2 Å². The second-order valence-electron chi connectivity index (χ2n) is 9.62. The Morgan fingerprint density at radius 1 is 1.12 bits per heavy atom. The van der Waals surface area contributed by atoms with Gasteiger partial charge in [-0.25, -0.2) is 22.5 Å². The first-order valence-corrected chi connectivity index (χ1v) is 14.8. The van der Waals surface area contributed by atoms with Gasteiger partial charge in [0.15, 0.2) is 15.5 Å². The van der Waals surface area contributed by atoms with Gasteiger partial charge in [0.25, 0.3) is 0 Å². The van der Waals surface area contributed by atoms with Crippen molar-refractivity contribution in [3.05, 3.63) is 98.5 Å². The molecule has 4 aromatic rings. The number of nitrogens with zero attached hydrogens (tertiary/aromatic N) is 5. The van der Waals surface area contributed by atoms with Crippen LogP contribution in [-0.4, -0.2) is 50.9 Å². The van der Waals surface area contributed by atoms with Crippen molar-refractivity contribution in [3.8, 4) is 16.9 Å². The van der Waals surface area contributed by atoms with Gasteiger partial charge in [0, 0.05) is 40.7 Å². The Labute approximate surface area is 247 Å². The van der Waals surface area contributed by atoms with Crippen molar-refractivity contribution >= 4 is 38.6 Å². The van der Waals surface area contributed by atoms with Crippen LogP contribution in [0, 0.1) is 6.92 Å². The summed E-state index contributed by atoms with van der Waals surface area (Å²) in [6, 6.07) is 10.6. The Balaban J connectivity index is 1.62. The zero-order valence-corrected chi connectivity index (χ0v) is 24.2. The Bertz CT molecular complexity index is 1860. The highest BCUT2D eigenvalue weighted by Crippen LogP contribution is 2.47. The van der Waals surface area contributed by atoms with Crippen LogP contribution in [0.15, 0.2) is 71.4 Å². The molecule has 2 aromatic heterocycles. The lowest BCUT2D eigenvalue weighted by molar-refractivity contribution is -0.141. The third kappa shape index (κ3) is 5.37. The first-order chi connectivity index (χ1) is 19.6. The van der Waals surface area contributed by atoms with Crippen LogP contribution in [0.5, 0.6) is 0 Å². The summed E-state index contributed by atoms with van der Waals surface area (Å²) in [5.74, 6) is -2.60. The number of aromatic nitrogens is 5. The minimum Gasteiger partial charge on any atom is -0.392 e. The number of aliphatic hydroxyl groups is 1. The van der Waals surface area contributed by atoms with Gasteiger partial charge in [-0.3, -0.25) is 0 Å². The minimum absolute atomic E-state index is 0.101. The molecule has 1 aliphatic carbocycles. The smallest absolute Gasteiger partial charge is 0.392 e. The van der Waals surface area contributed by atoms with E-state index in [4.69, 9.17) is 23.2 Å². The molecule has 0 amide bonds. The monoisotopic (exact) mass is 641 g/mol. The van der Waals surface area contributed by atoms with Crippen molar-refractivity contribution in [2.45, 2.75) is 25.3 Å². The summed E-state index contributed by atoms with van der Waals surface area (Å²) in [5.41, 5.74) is -0.113. The number of rotatable bonds is 6. The number of alkyl halides is 4. The number of allylic oxidation sites excluding steroid dienone is 2. The lowest BCUT2D eigenvalue weighted by atomic mass is 9.87. The van der Waals surface area contributed by atoms with E-state index >= 15 is 4.39 Å². The van der Waals surface area contributed by atoms with Crippen LogP contribution < -0.4 is 0 Å². The molecule has 0 fully saturated rings. The van der Waals surface area contributed by atoms with Crippen molar-refractivity contribution in [3.63, 3.8) is 0 Å². The largest absolute Gasteiger partial charge is 0.434 e. The maximum Gasteiger partial charge on any atom is 0.434 e. The molecule has 42 heavy (non-hydrogen) atoms. The third-order valence-corrected chi connectivity index (χ3v) is 8.54. The molecule has 0 spiro atoms. The maximum absolute atomic E-state index is 17.3. The van der Waals surface area contributed by atoms with E-state index in [1.807, 2.05) is 0 Å². The summed E-state index contributed by atoms with van der Waals surface area (Å²) in [5, 5.41) is 18.5. The van der Waals surface area contributed by atoms with Crippen LogP contribution in [0.1, 0.15) is 23.5 Å². The van der Waals surface area contributed by atoms with E-state index in [-0.39, 0.29) is 22.1 Å². The molecule has 1 aliphatic rings. The van der Waals surface area contributed by atoms with Crippen LogP contribution in [-0.2, 0) is 21.8 Å². The molecule has 5 rings (SSSR count).